The normalized spacial score (nSPS) is 22.8. The van der Waals surface area contributed by atoms with Crippen molar-refractivity contribution in [1.29, 1.82) is 0 Å². The Kier molecular flexibility index (Phi) is 3.57. The average molecular weight is 231 g/mol. The predicted molar refractivity (Wildman–Crippen MR) is 65.5 cm³/mol. The Morgan fingerprint density at radius 1 is 1.29 bits per heavy atom. The highest BCUT2D eigenvalue weighted by molar-refractivity contribution is 5.89. The van der Waals surface area contributed by atoms with Gasteiger partial charge in [-0.2, -0.15) is 0 Å². The third-order valence-corrected chi connectivity index (χ3v) is 3.28. The third kappa shape index (κ3) is 2.73. The summed E-state index contributed by atoms with van der Waals surface area (Å²) in [5, 5.41) is 2.80. The molecular formula is C14H17NO2. The van der Waals surface area contributed by atoms with Gasteiger partial charge in [-0.25, -0.2) is 0 Å². The van der Waals surface area contributed by atoms with E-state index in [1.807, 2.05) is 37.3 Å². The molecule has 3 heteroatoms. The Morgan fingerprint density at radius 3 is 2.59 bits per heavy atom. The Hall–Kier alpha value is -1.64. The standard InChI is InChI=1S/C14H17NO2/c1-2-12-13(15-14(12)17)9-11(16)8-10-6-4-3-5-7-10/h3-7,12-13H,2,8-9H2,1H3,(H,15,17). The molecule has 1 saturated heterocycles. The van der Waals surface area contributed by atoms with Crippen LogP contribution in [-0.2, 0) is 16.0 Å². The van der Waals surface area contributed by atoms with Gasteiger partial charge in [0.15, 0.2) is 0 Å². The molecule has 90 valence electrons. The van der Waals surface area contributed by atoms with Crippen molar-refractivity contribution in [3.8, 4) is 0 Å². The molecule has 1 amide bonds. The van der Waals surface area contributed by atoms with Crippen LogP contribution in [0.5, 0.6) is 0 Å². The second kappa shape index (κ2) is 5.13. The van der Waals surface area contributed by atoms with E-state index in [-0.39, 0.29) is 23.7 Å². The van der Waals surface area contributed by atoms with E-state index in [2.05, 4.69) is 5.32 Å². The van der Waals surface area contributed by atoms with E-state index in [0.717, 1.165) is 12.0 Å². The van der Waals surface area contributed by atoms with E-state index in [9.17, 15) is 9.59 Å². The molecule has 0 spiro atoms. The number of carbonyl (C=O) groups excluding carboxylic acids is 2. The molecule has 1 aliphatic rings. The van der Waals surface area contributed by atoms with Crippen LogP contribution in [0.3, 0.4) is 0 Å². The lowest BCUT2D eigenvalue weighted by Gasteiger charge is -2.35. The summed E-state index contributed by atoms with van der Waals surface area (Å²) in [7, 11) is 0. The number of nitrogens with one attached hydrogen (secondary N) is 1. The monoisotopic (exact) mass is 231 g/mol. The summed E-state index contributed by atoms with van der Waals surface area (Å²) in [6.45, 7) is 1.98. The smallest absolute Gasteiger partial charge is 0.225 e. The Morgan fingerprint density at radius 2 is 2.00 bits per heavy atom. The largest absolute Gasteiger partial charge is 0.352 e. The number of amides is 1. The molecule has 2 rings (SSSR count). The number of rotatable bonds is 5. The molecule has 1 aliphatic heterocycles. The lowest BCUT2D eigenvalue weighted by atomic mass is 9.84. The molecular weight excluding hydrogens is 214 g/mol. The number of carbonyl (C=O) groups is 2. The lowest BCUT2D eigenvalue weighted by molar-refractivity contribution is -0.136. The van der Waals surface area contributed by atoms with Gasteiger partial charge in [0.05, 0.1) is 5.92 Å². The summed E-state index contributed by atoms with van der Waals surface area (Å²) in [6, 6.07) is 9.77. The van der Waals surface area contributed by atoms with E-state index in [0.29, 0.717) is 12.8 Å². The molecule has 2 unspecified atom stereocenters. The van der Waals surface area contributed by atoms with Crippen molar-refractivity contribution in [3.63, 3.8) is 0 Å². The van der Waals surface area contributed by atoms with Crippen LogP contribution in [0, 0.1) is 5.92 Å². The number of hydrogen-bond donors (Lipinski definition) is 1. The van der Waals surface area contributed by atoms with Crippen LogP contribution in [0.4, 0.5) is 0 Å². The first-order valence-electron chi connectivity index (χ1n) is 6.06. The van der Waals surface area contributed by atoms with Gasteiger partial charge in [-0.15, -0.1) is 0 Å². The molecule has 0 bridgehead atoms. The fourth-order valence-electron chi connectivity index (χ4n) is 2.28. The number of benzene rings is 1. The van der Waals surface area contributed by atoms with E-state index < -0.39 is 0 Å². The van der Waals surface area contributed by atoms with Gasteiger partial charge in [0.2, 0.25) is 5.91 Å². The lowest BCUT2D eigenvalue weighted by Crippen LogP contribution is -2.58. The fraction of sp³-hybridized carbons (Fsp3) is 0.429. The van der Waals surface area contributed by atoms with Crippen molar-refractivity contribution in [2.24, 2.45) is 5.92 Å². The molecule has 0 saturated carbocycles. The second-order valence-corrected chi connectivity index (χ2v) is 4.53. The Bertz CT molecular complexity index is 413. The van der Waals surface area contributed by atoms with E-state index in [4.69, 9.17) is 0 Å². The average Bonchev–Trinajstić information content (AvgIpc) is 2.30. The van der Waals surface area contributed by atoms with Crippen molar-refractivity contribution in [3.05, 3.63) is 35.9 Å². The summed E-state index contributed by atoms with van der Waals surface area (Å²) >= 11 is 0. The summed E-state index contributed by atoms with van der Waals surface area (Å²) in [5.74, 6) is 0.319. The van der Waals surface area contributed by atoms with Gasteiger partial charge in [0, 0.05) is 18.9 Å². The molecule has 2 atom stereocenters. The number of Topliss-reactive ketones (excluding diaryl/α,β-unsaturated/α-hetero) is 1. The van der Waals surface area contributed by atoms with E-state index in [1.54, 1.807) is 0 Å². The maximum atomic E-state index is 11.8. The zero-order valence-corrected chi connectivity index (χ0v) is 9.98. The van der Waals surface area contributed by atoms with Gasteiger partial charge in [-0.05, 0) is 12.0 Å². The highest BCUT2D eigenvalue weighted by atomic mass is 16.2. The van der Waals surface area contributed by atoms with E-state index in [1.165, 1.54) is 0 Å². The van der Waals surface area contributed by atoms with Gasteiger partial charge in [-0.3, -0.25) is 9.59 Å². The van der Waals surface area contributed by atoms with Crippen LogP contribution < -0.4 is 5.32 Å². The van der Waals surface area contributed by atoms with Crippen molar-refractivity contribution >= 4 is 11.7 Å². The summed E-state index contributed by atoms with van der Waals surface area (Å²) in [6.07, 6.45) is 1.73. The minimum absolute atomic E-state index is 0.0368. The molecule has 0 aromatic heterocycles. The highest BCUT2D eigenvalue weighted by Gasteiger charge is 2.38. The SMILES string of the molecule is CCC1C(=O)NC1CC(=O)Cc1ccccc1. The molecule has 1 aromatic rings. The van der Waals surface area contributed by atoms with Gasteiger partial charge < -0.3 is 5.32 Å². The van der Waals surface area contributed by atoms with Gasteiger partial charge >= 0.3 is 0 Å². The van der Waals surface area contributed by atoms with Crippen LogP contribution in [0.1, 0.15) is 25.3 Å². The Balaban J connectivity index is 1.84. The minimum Gasteiger partial charge on any atom is -0.352 e. The zero-order chi connectivity index (χ0) is 12.3. The number of hydrogen-bond acceptors (Lipinski definition) is 2. The molecule has 1 fully saturated rings. The van der Waals surface area contributed by atoms with Crippen LogP contribution >= 0.6 is 0 Å². The quantitative estimate of drug-likeness (QED) is 0.784. The van der Waals surface area contributed by atoms with Crippen molar-refractivity contribution in [2.75, 3.05) is 0 Å². The molecule has 17 heavy (non-hydrogen) atoms. The molecule has 0 radical (unpaired) electrons. The van der Waals surface area contributed by atoms with Crippen LogP contribution in [0.15, 0.2) is 30.3 Å². The minimum atomic E-state index is 0.0368. The van der Waals surface area contributed by atoms with Gasteiger partial charge in [-0.1, -0.05) is 37.3 Å². The molecule has 1 aromatic carbocycles. The van der Waals surface area contributed by atoms with Crippen molar-refractivity contribution < 1.29 is 9.59 Å². The highest BCUT2D eigenvalue weighted by Crippen LogP contribution is 2.22. The van der Waals surface area contributed by atoms with E-state index >= 15 is 0 Å². The van der Waals surface area contributed by atoms with Gasteiger partial charge in [0.25, 0.3) is 0 Å². The van der Waals surface area contributed by atoms with Crippen molar-refractivity contribution in [2.45, 2.75) is 32.2 Å². The van der Waals surface area contributed by atoms with Crippen LogP contribution in [-0.4, -0.2) is 17.7 Å². The first-order valence-corrected chi connectivity index (χ1v) is 6.06. The summed E-state index contributed by atoms with van der Waals surface area (Å²) < 4.78 is 0. The summed E-state index contributed by atoms with van der Waals surface area (Å²) in [5.41, 5.74) is 1.04. The molecule has 3 nitrogen and oxygen atoms in total. The molecule has 1 N–H and O–H groups in total. The fourth-order valence-corrected chi connectivity index (χ4v) is 2.28. The topological polar surface area (TPSA) is 46.2 Å². The first kappa shape index (κ1) is 11.8. The Labute approximate surface area is 101 Å². The number of ketones is 1. The van der Waals surface area contributed by atoms with Crippen LogP contribution in [0.2, 0.25) is 0 Å². The zero-order valence-electron chi connectivity index (χ0n) is 9.98. The summed E-state index contributed by atoms with van der Waals surface area (Å²) in [4.78, 5) is 23.0. The van der Waals surface area contributed by atoms with Crippen LogP contribution in [0.25, 0.3) is 0 Å². The van der Waals surface area contributed by atoms with Crippen molar-refractivity contribution in [1.82, 2.24) is 5.32 Å². The molecule has 1 heterocycles. The maximum absolute atomic E-state index is 11.8. The first-order chi connectivity index (χ1) is 8.20. The molecule has 0 aliphatic carbocycles. The number of β-lactam (4-membered cyclic amide) rings is 1. The predicted octanol–water partition coefficient (Wildman–Crippen LogP) is 1.71. The second-order valence-electron chi connectivity index (χ2n) is 4.53. The third-order valence-electron chi connectivity index (χ3n) is 3.28. The maximum Gasteiger partial charge on any atom is 0.225 e. The van der Waals surface area contributed by atoms with Gasteiger partial charge in [0.1, 0.15) is 5.78 Å².